The number of nitrogens with one attached hydrogen (secondary N) is 1. The summed E-state index contributed by atoms with van der Waals surface area (Å²) in [5, 5.41) is 7.32. The van der Waals surface area contributed by atoms with Gasteiger partial charge in [0.1, 0.15) is 5.60 Å². The Morgan fingerprint density at radius 2 is 1.85 bits per heavy atom. The quantitative estimate of drug-likeness (QED) is 0.736. The Morgan fingerprint density at radius 1 is 1.15 bits per heavy atom. The van der Waals surface area contributed by atoms with E-state index in [1.54, 1.807) is 0 Å². The maximum absolute atomic E-state index is 12.6. The van der Waals surface area contributed by atoms with Gasteiger partial charge in [0.05, 0.1) is 11.4 Å². The first kappa shape index (κ1) is 18.0. The minimum Gasteiger partial charge on any atom is -0.388 e. The van der Waals surface area contributed by atoms with Crippen LogP contribution < -0.4 is 5.32 Å². The van der Waals surface area contributed by atoms with Crippen LogP contribution in [0, 0.1) is 6.92 Å². The Hall–Kier alpha value is -2.34. The van der Waals surface area contributed by atoms with E-state index in [1.807, 2.05) is 29.2 Å². The molecule has 0 unspecified atom stereocenters. The molecule has 1 N–H and O–H groups in total. The van der Waals surface area contributed by atoms with Gasteiger partial charge in [-0.05, 0) is 40.5 Å². The highest BCUT2D eigenvalue weighted by atomic mass is 79.9. The molecule has 140 valence electrons. The molecule has 1 fully saturated rings. The number of nitrogens with zero attached hydrogens (tertiary/aromatic N) is 2. The van der Waals surface area contributed by atoms with Crippen molar-refractivity contribution in [1.82, 2.24) is 4.90 Å². The van der Waals surface area contributed by atoms with Gasteiger partial charge in [0.2, 0.25) is 0 Å². The SMILES string of the molecule is Cc1ccc(C2=NOC3(CCN(C(=O)Nc4ccccc4Br)CC3)C2)cc1. The highest BCUT2D eigenvalue weighted by Crippen LogP contribution is 2.36. The van der Waals surface area contributed by atoms with Crippen LogP contribution in [0.4, 0.5) is 10.5 Å². The van der Waals surface area contributed by atoms with Crippen LogP contribution in [0.3, 0.4) is 0 Å². The Labute approximate surface area is 167 Å². The van der Waals surface area contributed by atoms with Crippen molar-refractivity contribution < 1.29 is 9.63 Å². The molecule has 4 rings (SSSR count). The summed E-state index contributed by atoms with van der Waals surface area (Å²) in [4.78, 5) is 20.3. The third kappa shape index (κ3) is 3.86. The minimum absolute atomic E-state index is 0.0746. The van der Waals surface area contributed by atoms with Crippen LogP contribution in [0.25, 0.3) is 0 Å². The fourth-order valence-corrected chi connectivity index (χ4v) is 3.95. The van der Waals surface area contributed by atoms with Crippen molar-refractivity contribution in [3.63, 3.8) is 0 Å². The van der Waals surface area contributed by atoms with Crippen LogP contribution in [0.15, 0.2) is 58.2 Å². The molecule has 1 saturated heterocycles. The van der Waals surface area contributed by atoms with Gasteiger partial charge >= 0.3 is 6.03 Å². The average Bonchev–Trinajstić information content (AvgIpc) is 3.08. The summed E-state index contributed by atoms with van der Waals surface area (Å²) in [6.45, 7) is 3.40. The monoisotopic (exact) mass is 427 g/mol. The number of amides is 2. The number of hydrogen-bond acceptors (Lipinski definition) is 3. The topological polar surface area (TPSA) is 53.9 Å². The second-order valence-electron chi connectivity index (χ2n) is 7.25. The number of urea groups is 1. The fraction of sp³-hybridized carbons (Fsp3) is 0.333. The Bertz CT molecular complexity index is 871. The molecule has 1 spiro atoms. The summed E-state index contributed by atoms with van der Waals surface area (Å²) < 4.78 is 0.877. The van der Waals surface area contributed by atoms with Gasteiger partial charge in [-0.2, -0.15) is 0 Å². The van der Waals surface area contributed by atoms with Gasteiger partial charge < -0.3 is 15.1 Å². The molecular weight excluding hydrogens is 406 g/mol. The number of likely N-dealkylation sites (tertiary alicyclic amines) is 1. The van der Waals surface area contributed by atoms with Gasteiger partial charge in [-0.1, -0.05) is 47.1 Å². The number of aryl methyl sites for hydroxylation is 1. The molecule has 0 saturated carbocycles. The number of carbonyl (C=O) groups excluding carboxylic acids is 1. The molecule has 0 aromatic heterocycles. The molecule has 2 aromatic rings. The van der Waals surface area contributed by atoms with Crippen molar-refractivity contribution in [3.8, 4) is 0 Å². The van der Waals surface area contributed by atoms with Crippen LogP contribution in [-0.2, 0) is 4.84 Å². The predicted octanol–water partition coefficient (Wildman–Crippen LogP) is 4.95. The summed E-state index contributed by atoms with van der Waals surface area (Å²) in [7, 11) is 0. The normalized spacial score (nSPS) is 18.1. The highest BCUT2D eigenvalue weighted by molar-refractivity contribution is 9.10. The smallest absolute Gasteiger partial charge is 0.321 e. The summed E-state index contributed by atoms with van der Waals surface area (Å²) in [6.07, 6.45) is 2.38. The van der Waals surface area contributed by atoms with Crippen molar-refractivity contribution >= 4 is 33.4 Å². The molecule has 0 atom stereocenters. The molecule has 0 bridgehead atoms. The lowest BCUT2D eigenvalue weighted by molar-refractivity contribution is -0.0544. The molecular formula is C21H22BrN3O2. The summed E-state index contributed by atoms with van der Waals surface area (Å²) >= 11 is 3.46. The number of rotatable bonds is 2. The van der Waals surface area contributed by atoms with E-state index in [2.05, 4.69) is 57.6 Å². The molecule has 2 aliphatic heterocycles. The predicted molar refractivity (Wildman–Crippen MR) is 110 cm³/mol. The van der Waals surface area contributed by atoms with Crippen molar-refractivity contribution in [2.24, 2.45) is 5.16 Å². The third-order valence-electron chi connectivity index (χ3n) is 5.30. The van der Waals surface area contributed by atoms with Gasteiger partial charge in [0.15, 0.2) is 0 Å². The van der Waals surface area contributed by atoms with Gasteiger partial charge in [-0.15, -0.1) is 0 Å². The molecule has 2 heterocycles. The number of anilines is 1. The summed E-state index contributed by atoms with van der Waals surface area (Å²) in [6, 6.07) is 15.9. The van der Waals surface area contributed by atoms with E-state index < -0.39 is 0 Å². The maximum Gasteiger partial charge on any atom is 0.321 e. The standard InChI is InChI=1S/C21H22BrN3O2/c1-15-6-8-16(9-7-15)19-14-21(27-24-19)10-12-25(13-11-21)20(26)23-18-5-3-2-4-17(18)22/h2-9H,10-14H2,1H3,(H,23,26). The number of carbonyl (C=O) groups is 1. The average molecular weight is 428 g/mol. The van der Waals surface area contributed by atoms with Crippen molar-refractivity contribution in [3.05, 3.63) is 64.1 Å². The number of piperidine rings is 1. The van der Waals surface area contributed by atoms with Gasteiger partial charge in [-0.25, -0.2) is 4.79 Å². The zero-order valence-electron chi connectivity index (χ0n) is 15.2. The Kier molecular flexibility index (Phi) is 4.91. The van der Waals surface area contributed by atoms with Crippen molar-refractivity contribution in [1.29, 1.82) is 0 Å². The van der Waals surface area contributed by atoms with Crippen LogP contribution in [0.5, 0.6) is 0 Å². The zero-order valence-corrected chi connectivity index (χ0v) is 16.8. The second kappa shape index (κ2) is 7.35. The molecule has 5 nitrogen and oxygen atoms in total. The first-order valence-corrected chi connectivity index (χ1v) is 9.97. The van der Waals surface area contributed by atoms with E-state index in [0.717, 1.165) is 40.7 Å². The first-order chi connectivity index (χ1) is 13.0. The lowest BCUT2D eigenvalue weighted by Gasteiger charge is -2.37. The molecule has 2 aromatic carbocycles. The summed E-state index contributed by atoms with van der Waals surface area (Å²) in [5.74, 6) is 0. The number of oxime groups is 1. The minimum atomic E-state index is -0.273. The second-order valence-corrected chi connectivity index (χ2v) is 8.11. The lowest BCUT2D eigenvalue weighted by atomic mass is 9.85. The molecule has 0 radical (unpaired) electrons. The van der Waals surface area contributed by atoms with Crippen LogP contribution >= 0.6 is 15.9 Å². The van der Waals surface area contributed by atoms with E-state index in [9.17, 15) is 4.79 Å². The Balaban J connectivity index is 1.35. The number of hydrogen-bond donors (Lipinski definition) is 1. The van der Waals surface area contributed by atoms with Crippen LogP contribution in [0.1, 0.15) is 30.4 Å². The summed E-state index contributed by atoms with van der Waals surface area (Å²) in [5.41, 5.74) is 3.86. The van der Waals surface area contributed by atoms with Crippen molar-refractivity contribution in [2.45, 2.75) is 31.8 Å². The van der Waals surface area contributed by atoms with Gasteiger partial charge in [-0.3, -0.25) is 0 Å². The molecule has 0 aliphatic carbocycles. The van der Waals surface area contributed by atoms with Gasteiger partial charge in [0, 0.05) is 36.8 Å². The lowest BCUT2D eigenvalue weighted by Crippen LogP contribution is -2.48. The number of halogens is 1. The Morgan fingerprint density at radius 3 is 2.56 bits per heavy atom. The maximum atomic E-state index is 12.6. The largest absolute Gasteiger partial charge is 0.388 e. The van der Waals surface area contributed by atoms with E-state index in [1.165, 1.54) is 5.56 Å². The fourth-order valence-electron chi connectivity index (χ4n) is 3.56. The molecule has 27 heavy (non-hydrogen) atoms. The van der Waals surface area contributed by atoms with E-state index in [4.69, 9.17) is 4.84 Å². The highest BCUT2D eigenvalue weighted by Gasteiger charge is 2.43. The first-order valence-electron chi connectivity index (χ1n) is 9.17. The molecule has 2 aliphatic rings. The van der Waals surface area contributed by atoms with E-state index in [-0.39, 0.29) is 11.6 Å². The number of benzene rings is 2. The molecule has 2 amide bonds. The van der Waals surface area contributed by atoms with E-state index in [0.29, 0.717) is 13.1 Å². The third-order valence-corrected chi connectivity index (χ3v) is 5.99. The van der Waals surface area contributed by atoms with E-state index >= 15 is 0 Å². The van der Waals surface area contributed by atoms with Crippen molar-refractivity contribution in [2.75, 3.05) is 18.4 Å². The van der Waals surface area contributed by atoms with Crippen LogP contribution in [-0.4, -0.2) is 35.3 Å². The van der Waals surface area contributed by atoms with Crippen LogP contribution in [0.2, 0.25) is 0 Å². The molecule has 6 heteroatoms. The van der Waals surface area contributed by atoms with Gasteiger partial charge in [0.25, 0.3) is 0 Å². The zero-order chi connectivity index (χ0) is 18.9. The number of para-hydroxylation sites is 1.